The van der Waals surface area contributed by atoms with Crippen LogP contribution >= 0.6 is 0 Å². The summed E-state index contributed by atoms with van der Waals surface area (Å²) in [6.07, 6.45) is 0. The third kappa shape index (κ3) is 5.87. The Hall–Kier alpha value is -3.26. The third-order valence-corrected chi connectivity index (χ3v) is 4.72. The molecule has 0 aromatic heterocycles. The molecule has 0 aliphatic carbocycles. The Morgan fingerprint density at radius 2 is 1.80 bits per heavy atom. The van der Waals surface area contributed by atoms with Crippen molar-refractivity contribution in [2.75, 3.05) is 45.8 Å². The standard InChI is InChI=1S/C22H27N3O5/c1-15(16-7-8-19-20(11-16)30-10-9-29-19)23-21(26)13-25(2)14-22(27)24-17-5-4-6-18(12-17)28-3/h4-8,11-12,15H,9-10,13-14H2,1-3H3,(H,23,26)(H,24,27)/p+1/t15-/m0/s1. The summed E-state index contributed by atoms with van der Waals surface area (Å²) in [5.74, 6) is 1.77. The van der Waals surface area contributed by atoms with Gasteiger partial charge in [0.05, 0.1) is 20.2 Å². The van der Waals surface area contributed by atoms with Crippen molar-refractivity contribution in [1.29, 1.82) is 0 Å². The molecule has 3 N–H and O–H groups in total. The number of amides is 2. The summed E-state index contributed by atoms with van der Waals surface area (Å²) in [4.78, 5) is 25.4. The predicted octanol–water partition coefficient (Wildman–Crippen LogP) is 0.797. The van der Waals surface area contributed by atoms with Gasteiger partial charge in [0.2, 0.25) is 0 Å². The molecule has 2 atom stereocenters. The molecule has 0 fully saturated rings. The van der Waals surface area contributed by atoms with Crippen LogP contribution in [0.5, 0.6) is 17.2 Å². The Labute approximate surface area is 176 Å². The van der Waals surface area contributed by atoms with E-state index in [1.165, 1.54) is 0 Å². The predicted molar refractivity (Wildman–Crippen MR) is 112 cm³/mol. The van der Waals surface area contributed by atoms with Crippen molar-refractivity contribution in [3.63, 3.8) is 0 Å². The second-order valence-electron chi connectivity index (χ2n) is 7.28. The van der Waals surface area contributed by atoms with E-state index in [1.54, 1.807) is 38.4 Å². The summed E-state index contributed by atoms with van der Waals surface area (Å²) >= 11 is 0. The molecule has 1 aliphatic heterocycles. The number of fused-ring (bicyclic) bond motifs is 1. The zero-order valence-corrected chi connectivity index (χ0v) is 17.5. The number of benzene rings is 2. The van der Waals surface area contributed by atoms with Crippen molar-refractivity contribution < 1.29 is 28.7 Å². The summed E-state index contributed by atoms with van der Waals surface area (Å²) in [6, 6.07) is 12.6. The van der Waals surface area contributed by atoms with Gasteiger partial charge in [0.25, 0.3) is 11.8 Å². The molecule has 0 radical (unpaired) electrons. The first-order valence-electron chi connectivity index (χ1n) is 9.88. The summed E-state index contributed by atoms with van der Waals surface area (Å²) in [6.45, 7) is 3.32. The molecule has 1 heterocycles. The highest BCUT2D eigenvalue weighted by molar-refractivity contribution is 5.91. The van der Waals surface area contributed by atoms with E-state index in [4.69, 9.17) is 14.2 Å². The summed E-state index contributed by atoms with van der Waals surface area (Å²) in [5.41, 5.74) is 1.59. The maximum absolute atomic E-state index is 12.4. The maximum atomic E-state index is 12.4. The van der Waals surface area contributed by atoms with Crippen LogP contribution in [0.3, 0.4) is 0 Å². The van der Waals surface area contributed by atoms with Gasteiger partial charge in [-0.05, 0) is 36.8 Å². The van der Waals surface area contributed by atoms with Gasteiger partial charge in [-0.25, -0.2) is 0 Å². The van der Waals surface area contributed by atoms with Gasteiger partial charge in [0.1, 0.15) is 19.0 Å². The normalized spacial score (nSPS) is 14.4. The number of hydrogen-bond acceptors (Lipinski definition) is 5. The Morgan fingerprint density at radius 1 is 1.07 bits per heavy atom. The van der Waals surface area contributed by atoms with Crippen LogP contribution in [0.4, 0.5) is 5.69 Å². The first-order valence-corrected chi connectivity index (χ1v) is 9.88. The molecule has 8 nitrogen and oxygen atoms in total. The molecule has 0 spiro atoms. The number of carbonyl (C=O) groups is 2. The highest BCUT2D eigenvalue weighted by Gasteiger charge is 2.19. The van der Waals surface area contributed by atoms with Crippen molar-refractivity contribution in [3.8, 4) is 17.2 Å². The quantitative estimate of drug-likeness (QED) is 0.595. The summed E-state index contributed by atoms with van der Waals surface area (Å²) < 4.78 is 16.3. The van der Waals surface area contributed by atoms with Crippen LogP contribution in [-0.2, 0) is 9.59 Å². The molecular formula is C22H28N3O5+. The molecule has 2 aromatic carbocycles. The zero-order chi connectivity index (χ0) is 21.5. The Morgan fingerprint density at radius 3 is 2.57 bits per heavy atom. The van der Waals surface area contributed by atoms with Crippen molar-refractivity contribution in [2.45, 2.75) is 13.0 Å². The highest BCUT2D eigenvalue weighted by atomic mass is 16.6. The molecule has 1 aliphatic rings. The minimum absolute atomic E-state index is 0.135. The number of carbonyl (C=O) groups excluding carboxylic acids is 2. The van der Waals surface area contributed by atoms with E-state index >= 15 is 0 Å². The van der Waals surface area contributed by atoms with E-state index in [1.807, 2.05) is 25.1 Å². The van der Waals surface area contributed by atoms with E-state index in [0.29, 0.717) is 30.4 Å². The van der Waals surface area contributed by atoms with Crippen LogP contribution in [0.1, 0.15) is 18.5 Å². The number of rotatable bonds is 8. The highest BCUT2D eigenvalue weighted by Crippen LogP contribution is 2.32. The first-order chi connectivity index (χ1) is 14.4. The zero-order valence-electron chi connectivity index (χ0n) is 17.5. The number of anilines is 1. The van der Waals surface area contributed by atoms with Crippen LogP contribution in [0.25, 0.3) is 0 Å². The number of quaternary nitrogens is 1. The minimum Gasteiger partial charge on any atom is -0.497 e. The van der Waals surface area contributed by atoms with Gasteiger partial charge in [-0.1, -0.05) is 12.1 Å². The fourth-order valence-electron chi connectivity index (χ4n) is 3.22. The van der Waals surface area contributed by atoms with Gasteiger partial charge in [0, 0.05) is 11.8 Å². The molecule has 160 valence electrons. The summed E-state index contributed by atoms with van der Waals surface area (Å²) in [5, 5.41) is 5.79. The van der Waals surface area contributed by atoms with E-state index < -0.39 is 0 Å². The molecule has 0 saturated carbocycles. The largest absolute Gasteiger partial charge is 0.497 e. The van der Waals surface area contributed by atoms with Crippen LogP contribution < -0.4 is 29.7 Å². The van der Waals surface area contributed by atoms with E-state index in [2.05, 4.69) is 10.6 Å². The van der Waals surface area contributed by atoms with Crippen LogP contribution in [0.15, 0.2) is 42.5 Å². The van der Waals surface area contributed by atoms with Gasteiger partial charge in [-0.3, -0.25) is 9.59 Å². The van der Waals surface area contributed by atoms with Crippen molar-refractivity contribution in [2.24, 2.45) is 0 Å². The molecule has 2 aromatic rings. The number of nitrogens with one attached hydrogen (secondary N) is 3. The van der Waals surface area contributed by atoms with Gasteiger partial charge >= 0.3 is 0 Å². The van der Waals surface area contributed by atoms with Gasteiger partial charge in [-0.2, -0.15) is 0 Å². The fraction of sp³-hybridized carbons (Fsp3) is 0.364. The molecule has 0 saturated heterocycles. The first kappa shape index (κ1) is 21.4. The molecular weight excluding hydrogens is 386 g/mol. The van der Waals surface area contributed by atoms with E-state index in [-0.39, 0.29) is 30.9 Å². The number of ether oxygens (including phenoxy) is 3. The van der Waals surface area contributed by atoms with Gasteiger partial charge in [0.15, 0.2) is 24.6 Å². The second-order valence-corrected chi connectivity index (χ2v) is 7.28. The average Bonchev–Trinajstić information content (AvgIpc) is 2.73. The second kappa shape index (κ2) is 9.98. The van der Waals surface area contributed by atoms with Crippen molar-refractivity contribution in [3.05, 3.63) is 48.0 Å². The lowest BCUT2D eigenvalue weighted by molar-refractivity contribution is -0.862. The van der Waals surface area contributed by atoms with Gasteiger partial charge < -0.3 is 29.7 Å². The molecule has 30 heavy (non-hydrogen) atoms. The summed E-state index contributed by atoms with van der Waals surface area (Å²) in [7, 11) is 3.38. The topological polar surface area (TPSA) is 90.3 Å². The smallest absolute Gasteiger partial charge is 0.279 e. The lowest BCUT2D eigenvalue weighted by Crippen LogP contribution is -3.11. The number of methoxy groups -OCH3 is 1. The number of hydrogen-bond donors (Lipinski definition) is 3. The Balaban J connectivity index is 1.47. The van der Waals surface area contributed by atoms with Gasteiger partial charge in [-0.15, -0.1) is 0 Å². The van der Waals surface area contributed by atoms with E-state index in [9.17, 15) is 9.59 Å². The van der Waals surface area contributed by atoms with Crippen molar-refractivity contribution >= 4 is 17.5 Å². The molecule has 3 rings (SSSR count). The fourth-order valence-corrected chi connectivity index (χ4v) is 3.22. The Kier molecular flexibility index (Phi) is 7.13. The molecule has 8 heteroatoms. The SMILES string of the molecule is COc1cccc(NC(=O)C[NH+](C)CC(=O)N[C@@H](C)c2ccc3c(c2)OCCO3)c1. The van der Waals surface area contributed by atoms with Crippen LogP contribution in [0.2, 0.25) is 0 Å². The minimum atomic E-state index is -0.188. The molecule has 1 unspecified atom stereocenters. The number of likely N-dealkylation sites (N-methyl/N-ethyl adjacent to an activating group) is 1. The lowest BCUT2D eigenvalue weighted by atomic mass is 10.1. The molecule has 0 bridgehead atoms. The van der Waals surface area contributed by atoms with Crippen LogP contribution in [0, 0.1) is 0 Å². The maximum Gasteiger partial charge on any atom is 0.279 e. The van der Waals surface area contributed by atoms with Crippen LogP contribution in [-0.4, -0.2) is 52.3 Å². The average molecular weight is 414 g/mol. The third-order valence-electron chi connectivity index (χ3n) is 4.72. The van der Waals surface area contributed by atoms with E-state index in [0.717, 1.165) is 16.2 Å². The lowest BCUT2D eigenvalue weighted by Gasteiger charge is -2.21. The molecule has 2 amide bonds. The Bertz CT molecular complexity index is 902. The monoisotopic (exact) mass is 414 g/mol. The van der Waals surface area contributed by atoms with Crippen molar-refractivity contribution in [1.82, 2.24) is 5.32 Å².